The van der Waals surface area contributed by atoms with Crippen LogP contribution in [0.25, 0.3) is 0 Å². The second kappa shape index (κ2) is 8.50. The fraction of sp³-hybridized carbons (Fsp3) is 0.182. The van der Waals surface area contributed by atoms with Gasteiger partial charge in [-0.3, -0.25) is 0 Å². The Labute approximate surface area is 169 Å². The van der Waals surface area contributed by atoms with E-state index >= 15 is 0 Å². The van der Waals surface area contributed by atoms with Crippen molar-refractivity contribution in [2.45, 2.75) is 6.54 Å². The summed E-state index contributed by atoms with van der Waals surface area (Å²) >= 11 is 0. The van der Waals surface area contributed by atoms with Crippen molar-refractivity contribution in [1.82, 2.24) is 9.97 Å². The molecule has 2 aromatic carbocycles. The molecule has 0 bridgehead atoms. The topological polar surface area (TPSA) is 77.5 Å². The van der Waals surface area contributed by atoms with Crippen LogP contribution in [0.15, 0.2) is 48.8 Å². The van der Waals surface area contributed by atoms with Crippen LogP contribution in [-0.4, -0.2) is 30.3 Å². The maximum Gasteiger partial charge on any atom is 0.248 e. The quantitative estimate of drug-likeness (QED) is 0.489. The molecule has 4 rings (SSSR count). The largest absolute Gasteiger partial charge is 0.491 e. The summed E-state index contributed by atoms with van der Waals surface area (Å²) in [7, 11) is 1.64. The van der Waals surface area contributed by atoms with E-state index in [-0.39, 0.29) is 0 Å². The average molecular weight is 388 g/mol. The highest BCUT2D eigenvalue weighted by atomic mass is 16.5. The number of rotatable bonds is 6. The number of nitrogens with one attached hydrogen (secondary N) is 2. The zero-order valence-corrected chi connectivity index (χ0v) is 15.9. The number of hydrogen-bond donors (Lipinski definition) is 2. The van der Waals surface area contributed by atoms with Crippen LogP contribution < -0.4 is 20.1 Å². The Morgan fingerprint density at radius 2 is 2.14 bits per heavy atom. The van der Waals surface area contributed by atoms with Gasteiger partial charge in [-0.15, -0.1) is 6.42 Å². The first-order valence-electron chi connectivity index (χ1n) is 9.12. The number of hydrogen-bond acceptors (Lipinski definition) is 7. The first-order valence-corrected chi connectivity index (χ1v) is 9.12. The number of aromatic nitrogens is 2. The third-order valence-corrected chi connectivity index (χ3v) is 4.36. The Balaban J connectivity index is 1.59. The molecule has 0 spiro atoms. The lowest BCUT2D eigenvalue weighted by Crippen LogP contribution is -2.05. The zero-order valence-electron chi connectivity index (χ0n) is 15.9. The van der Waals surface area contributed by atoms with Crippen molar-refractivity contribution < 1.29 is 14.2 Å². The molecule has 0 fully saturated rings. The van der Waals surface area contributed by atoms with E-state index in [1.54, 1.807) is 7.11 Å². The molecule has 0 atom stereocenters. The Hall–Kier alpha value is -3.76. The molecule has 0 amide bonds. The molecule has 29 heavy (non-hydrogen) atoms. The molecule has 0 aliphatic carbocycles. The van der Waals surface area contributed by atoms with Crippen molar-refractivity contribution in [2.75, 3.05) is 31.0 Å². The lowest BCUT2D eigenvalue weighted by atomic mass is 10.2. The molecule has 0 saturated carbocycles. The average Bonchev–Trinajstić information content (AvgIpc) is 2.93. The molecule has 0 unspecified atom stereocenters. The Morgan fingerprint density at radius 1 is 1.21 bits per heavy atom. The van der Waals surface area contributed by atoms with E-state index in [0.29, 0.717) is 48.6 Å². The fourth-order valence-electron chi connectivity index (χ4n) is 2.92. The summed E-state index contributed by atoms with van der Waals surface area (Å²) in [6.45, 7) is 1.55. The van der Waals surface area contributed by atoms with Crippen molar-refractivity contribution in [3.63, 3.8) is 0 Å². The van der Waals surface area contributed by atoms with E-state index in [9.17, 15) is 0 Å². The van der Waals surface area contributed by atoms with Crippen molar-refractivity contribution in [2.24, 2.45) is 0 Å². The molecule has 7 nitrogen and oxygen atoms in total. The lowest BCUT2D eigenvalue weighted by Gasteiger charge is -2.13. The standard InChI is InChI=1S/C22H20N4O3/c1-3-15-5-4-6-17(11-15)26-21-20-22(25-14-24-21)29-19-12-18(28-10-9-27-2)8-7-16(19)13-23-20/h1,4-8,11-12,14,23H,9-10,13H2,2H3,(H,24,25,26). The third kappa shape index (κ3) is 4.23. The molecule has 1 aliphatic rings. The second-order valence-electron chi connectivity index (χ2n) is 6.32. The molecule has 7 heteroatoms. The van der Waals surface area contributed by atoms with Gasteiger partial charge in [0.2, 0.25) is 5.88 Å². The summed E-state index contributed by atoms with van der Waals surface area (Å²) in [5, 5.41) is 6.64. The van der Waals surface area contributed by atoms with Gasteiger partial charge in [-0.2, -0.15) is 4.98 Å². The molecule has 1 aromatic heterocycles. The number of terminal acetylenes is 1. The van der Waals surface area contributed by atoms with E-state index in [1.807, 2.05) is 42.5 Å². The van der Waals surface area contributed by atoms with Crippen LogP contribution in [0.3, 0.4) is 0 Å². The van der Waals surface area contributed by atoms with Gasteiger partial charge in [0.05, 0.1) is 6.61 Å². The van der Waals surface area contributed by atoms with Gasteiger partial charge in [-0.1, -0.05) is 12.0 Å². The molecule has 1 aliphatic heterocycles. The van der Waals surface area contributed by atoms with E-state index in [4.69, 9.17) is 20.6 Å². The highest BCUT2D eigenvalue weighted by Gasteiger charge is 2.20. The van der Waals surface area contributed by atoms with Crippen molar-refractivity contribution in [3.8, 4) is 29.7 Å². The van der Waals surface area contributed by atoms with Crippen molar-refractivity contribution in [1.29, 1.82) is 0 Å². The van der Waals surface area contributed by atoms with Gasteiger partial charge in [0.25, 0.3) is 0 Å². The number of methoxy groups -OCH3 is 1. The zero-order chi connectivity index (χ0) is 20.1. The third-order valence-electron chi connectivity index (χ3n) is 4.36. The van der Waals surface area contributed by atoms with Crippen LogP contribution in [0.2, 0.25) is 0 Å². The van der Waals surface area contributed by atoms with Crippen molar-refractivity contribution >= 4 is 17.2 Å². The minimum atomic E-state index is 0.434. The monoisotopic (exact) mass is 388 g/mol. The molecule has 3 aromatic rings. The van der Waals surface area contributed by atoms with Gasteiger partial charge in [0.1, 0.15) is 30.1 Å². The van der Waals surface area contributed by atoms with E-state index in [1.165, 1.54) is 6.33 Å². The Bertz CT molecular complexity index is 1060. The van der Waals surface area contributed by atoms with Gasteiger partial charge in [-0.05, 0) is 30.3 Å². The van der Waals surface area contributed by atoms with Crippen LogP contribution in [0.4, 0.5) is 17.2 Å². The molecule has 146 valence electrons. The number of benzene rings is 2. The fourth-order valence-corrected chi connectivity index (χ4v) is 2.92. The molecule has 0 saturated heterocycles. The van der Waals surface area contributed by atoms with Crippen LogP contribution in [0, 0.1) is 12.3 Å². The number of ether oxygens (including phenoxy) is 3. The molecular weight excluding hydrogens is 368 g/mol. The second-order valence-corrected chi connectivity index (χ2v) is 6.32. The van der Waals surface area contributed by atoms with Crippen LogP contribution in [-0.2, 0) is 11.3 Å². The van der Waals surface area contributed by atoms with Gasteiger partial charge < -0.3 is 24.8 Å². The maximum absolute atomic E-state index is 6.08. The SMILES string of the molecule is C#Cc1cccc(Nc2ncnc3c2NCc2ccc(OCCOC)cc2O3)c1. The highest BCUT2D eigenvalue weighted by Crippen LogP contribution is 2.39. The lowest BCUT2D eigenvalue weighted by molar-refractivity contribution is 0.146. The summed E-state index contributed by atoms with van der Waals surface area (Å²) in [5.74, 6) is 5.06. The van der Waals surface area contributed by atoms with E-state index < -0.39 is 0 Å². The first-order chi connectivity index (χ1) is 14.3. The van der Waals surface area contributed by atoms with Crippen LogP contribution >= 0.6 is 0 Å². The summed E-state index contributed by atoms with van der Waals surface area (Å²) in [6.07, 6.45) is 6.95. The highest BCUT2D eigenvalue weighted by molar-refractivity contribution is 5.76. The summed E-state index contributed by atoms with van der Waals surface area (Å²) in [5.41, 5.74) is 3.28. The Morgan fingerprint density at radius 3 is 3.00 bits per heavy atom. The predicted octanol–water partition coefficient (Wildman–Crippen LogP) is 3.94. The molecular formula is C22H20N4O3. The minimum absolute atomic E-state index is 0.434. The maximum atomic E-state index is 6.08. The number of anilines is 3. The predicted molar refractivity (Wildman–Crippen MR) is 111 cm³/mol. The summed E-state index contributed by atoms with van der Waals surface area (Å²) in [4.78, 5) is 8.65. The van der Waals surface area contributed by atoms with Gasteiger partial charge in [0, 0.05) is 36.5 Å². The Kier molecular flexibility index (Phi) is 5.45. The van der Waals surface area contributed by atoms with Crippen LogP contribution in [0.5, 0.6) is 17.4 Å². The number of fused-ring (bicyclic) bond motifs is 2. The van der Waals surface area contributed by atoms with Gasteiger partial charge in [-0.25, -0.2) is 4.98 Å². The molecule has 0 radical (unpaired) electrons. The minimum Gasteiger partial charge on any atom is -0.491 e. The summed E-state index contributed by atoms with van der Waals surface area (Å²) in [6, 6.07) is 13.3. The number of nitrogens with zero attached hydrogens (tertiary/aromatic N) is 2. The van der Waals surface area contributed by atoms with E-state index in [2.05, 4.69) is 26.5 Å². The van der Waals surface area contributed by atoms with Gasteiger partial charge in [0.15, 0.2) is 5.82 Å². The smallest absolute Gasteiger partial charge is 0.248 e. The first kappa shape index (κ1) is 18.6. The summed E-state index contributed by atoms with van der Waals surface area (Å²) < 4.78 is 16.8. The molecule has 2 N–H and O–H groups in total. The molecule has 2 heterocycles. The van der Waals surface area contributed by atoms with Gasteiger partial charge >= 0.3 is 0 Å². The van der Waals surface area contributed by atoms with Crippen LogP contribution in [0.1, 0.15) is 11.1 Å². The normalized spacial score (nSPS) is 11.7. The van der Waals surface area contributed by atoms with Crippen molar-refractivity contribution in [3.05, 3.63) is 59.9 Å². The van der Waals surface area contributed by atoms with E-state index in [0.717, 1.165) is 16.8 Å².